The van der Waals surface area contributed by atoms with Crippen LogP contribution in [0, 0.1) is 0 Å². The van der Waals surface area contributed by atoms with E-state index >= 15 is 0 Å². The number of carbonyl (C=O) groups excluding carboxylic acids is 8. The van der Waals surface area contributed by atoms with Crippen LogP contribution in [0.2, 0.25) is 0 Å². The molecule has 73 heavy (non-hydrogen) atoms. The van der Waals surface area contributed by atoms with E-state index in [9.17, 15) is 53.4 Å². The van der Waals surface area contributed by atoms with Crippen molar-refractivity contribution >= 4 is 59.2 Å². The number of rotatable bonds is 35. The van der Waals surface area contributed by atoms with Gasteiger partial charge in [0.05, 0.1) is 25.0 Å². The molecular weight excluding hydrogens is 957 g/mol. The smallest absolute Gasteiger partial charge is 0.352 e. The highest BCUT2D eigenvalue weighted by atomic mass is 16.4. The summed E-state index contributed by atoms with van der Waals surface area (Å²) < 4.78 is 0. The van der Waals surface area contributed by atoms with Gasteiger partial charge in [-0.1, -0.05) is 12.5 Å². The first-order valence-corrected chi connectivity index (χ1v) is 24.3. The number of aliphatic hydroxyl groups excluding tert-OH is 1. The van der Waals surface area contributed by atoms with Crippen molar-refractivity contribution in [3.8, 4) is 0 Å². The maximum Gasteiger partial charge on any atom is 0.352 e. The first-order valence-electron chi connectivity index (χ1n) is 24.3. The van der Waals surface area contributed by atoms with E-state index in [2.05, 4.69) is 57.5 Å². The number of carboxylic acid groups (broad SMARTS) is 1. The molecule has 1 fully saturated rings. The van der Waals surface area contributed by atoms with E-state index in [4.69, 9.17) is 34.4 Å². The van der Waals surface area contributed by atoms with E-state index in [-0.39, 0.29) is 70.7 Å². The number of guanidine groups is 1. The third-order valence-corrected chi connectivity index (χ3v) is 11.5. The second kappa shape index (κ2) is 33.8. The average molecular weight is 1040 g/mol. The monoisotopic (exact) mass is 1030 g/mol. The molecule has 8 amide bonds. The minimum atomic E-state index is -1.55. The molecule has 1 aliphatic rings. The van der Waals surface area contributed by atoms with E-state index in [1.54, 1.807) is 7.05 Å². The van der Waals surface area contributed by atoms with Crippen LogP contribution >= 0.6 is 0 Å². The molecule has 0 radical (unpaired) electrons. The molecule has 1 aliphatic heterocycles. The van der Waals surface area contributed by atoms with Gasteiger partial charge in [0, 0.05) is 37.9 Å². The maximum atomic E-state index is 14.2. The van der Waals surface area contributed by atoms with Crippen LogP contribution in [-0.2, 0) is 49.6 Å². The summed E-state index contributed by atoms with van der Waals surface area (Å²) in [6, 6.07) is -8.74. The number of aliphatic imine (C=N–C) groups is 1. The van der Waals surface area contributed by atoms with E-state index in [1.807, 2.05) is 0 Å². The predicted octanol–water partition coefficient (Wildman–Crippen LogP) is -6.84. The van der Waals surface area contributed by atoms with Crippen molar-refractivity contribution in [3.63, 3.8) is 0 Å². The normalized spacial score (nSPS) is 16.3. The summed E-state index contributed by atoms with van der Waals surface area (Å²) in [5, 5.41) is 40.6. The lowest BCUT2D eigenvalue weighted by atomic mass is 10.1. The lowest BCUT2D eigenvalue weighted by Crippen LogP contribution is -2.60. The molecule has 2 heterocycles. The highest BCUT2D eigenvalue weighted by molar-refractivity contribution is 5.99. The SMILES string of the molecule is CNCCCCC(N)C(=O)N[C@H](C(=O)N[C@@H](C)C(=O)NCC(=O)N[C@H](CCCN)C(=O)N1CCC[C@H]1C(=O)N[C@@H](Cc1cnc[nH]1)C(=O)N[C@@H](CCCCN)C(=O)N/C(=C\CCN=C(N)N)C(=O)O)[C@@H](O)CN. The molecule has 29 nitrogen and oxygen atoms in total. The Morgan fingerprint density at radius 2 is 1.55 bits per heavy atom. The molecule has 2 rings (SSSR count). The van der Waals surface area contributed by atoms with Gasteiger partial charge in [0.25, 0.3) is 0 Å². The lowest BCUT2D eigenvalue weighted by molar-refractivity contribution is -0.142. The van der Waals surface area contributed by atoms with Crippen molar-refractivity contribution in [2.45, 2.75) is 132 Å². The van der Waals surface area contributed by atoms with E-state index in [1.165, 1.54) is 30.4 Å². The van der Waals surface area contributed by atoms with Crippen molar-refractivity contribution in [3.05, 3.63) is 30.0 Å². The minimum absolute atomic E-state index is 0.0434. The highest BCUT2D eigenvalue weighted by Gasteiger charge is 2.40. The molecule has 0 bridgehead atoms. The number of nitrogens with two attached hydrogens (primary N) is 6. The van der Waals surface area contributed by atoms with Gasteiger partial charge in [-0.3, -0.25) is 43.3 Å². The molecule has 1 unspecified atom stereocenters. The third kappa shape index (κ3) is 22.7. The Morgan fingerprint density at radius 3 is 2.18 bits per heavy atom. The van der Waals surface area contributed by atoms with Crippen LogP contribution in [-0.4, -0.2) is 186 Å². The van der Waals surface area contributed by atoms with Gasteiger partial charge in [0.15, 0.2) is 5.96 Å². The van der Waals surface area contributed by atoms with Crippen molar-refractivity contribution in [2.24, 2.45) is 39.4 Å². The second-order valence-electron chi connectivity index (χ2n) is 17.4. The molecule has 1 aromatic heterocycles. The predicted molar refractivity (Wildman–Crippen MR) is 267 cm³/mol. The Morgan fingerprint density at radius 1 is 0.849 bits per heavy atom. The number of hydrogen-bond donors (Lipinski definition) is 17. The Hall–Kier alpha value is -6.79. The van der Waals surface area contributed by atoms with E-state index < -0.39 is 120 Å². The fourth-order valence-electron chi connectivity index (χ4n) is 7.49. The van der Waals surface area contributed by atoms with Crippen LogP contribution in [0.1, 0.15) is 83.2 Å². The number of aromatic amines is 1. The van der Waals surface area contributed by atoms with Crippen LogP contribution in [0.15, 0.2) is 29.3 Å². The summed E-state index contributed by atoms with van der Waals surface area (Å²) in [5.74, 6) is -7.94. The van der Waals surface area contributed by atoms with Gasteiger partial charge in [-0.05, 0) is 97.8 Å². The lowest BCUT2D eigenvalue weighted by Gasteiger charge is -2.30. The first-order chi connectivity index (χ1) is 34.8. The zero-order chi connectivity index (χ0) is 54.5. The first kappa shape index (κ1) is 62.3. The molecule has 0 aromatic carbocycles. The quantitative estimate of drug-likeness (QED) is 0.0130. The van der Waals surface area contributed by atoms with Crippen LogP contribution in [0.3, 0.4) is 0 Å². The molecule has 0 saturated carbocycles. The number of unbranched alkanes of at least 4 members (excludes halogenated alkanes) is 2. The number of aliphatic hydroxyl groups is 1. The minimum Gasteiger partial charge on any atom is -0.477 e. The summed E-state index contributed by atoms with van der Waals surface area (Å²) in [4.78, 5) is 132. The van der Waals surface area contributed by atoms with Crippen molar-refractivity contribution < 1.29 is 53.4 Å². The maximum absolute atomic E-state index is 14.2. The largest absolute Gasteiger partial charge is 0.477 e. The summed E-state index contributed by atoms with van der Waals surface area (Å²) in [6.45, 7) is 1.54. The van der Waals surface area contributed by atoms with Gasteiger partial charge in [-0.2, -0.15) is 0 Å². The Labute approximate surface area is 423 Å². The summed E-state index contributed by atoms with van der Waals surface area (Å²) in [7, 11) is 1.79. The number of aromatic nitrogens is 2. The van der Waals surface area contributed by atoms with E-state index in [0.717, 1.165) is 13.0 Å². The Bertz CT molecular complexity index is 2020. The molecule has 8 atom stereocenters. The number of H-pyrrole nitrogens is 1. The summed E-state index contributed by atoms with van der Waals surface area (Å²) >= 11 is 0. The van der Waals surface area contributed by atoms with Crippen molar-refractivity contribution in [1.29, 1.82) is 0 Å². The van der Waals surface area contributed by atoms with Gasteiger partial charge < -0.3 is 97.0 Å². The van der Waals surface area contributed by atoms with Gasteiger partial charge in [0.2, 0.25) is 47.3 Å². The number of nitrogens with one attached hydrogen (secondary N) is 9. The number of likely N-dealkylation sites (tertiary alicyclic amines) is 1. The fourth-order valence-corrected chi connectivity index (χ4v) is 7.49. The fraction of sp³-hybridized carbons (Fsp3) is 0.659. The van der Waals surface area contributed by atoms with Gasteiger partial charge >= 0.3 is 5.97 Å². The van der Waals surface area contributed by atoms with Gasteiger partial charge in [0.1, 0.15) is 41.9 Å². The topological polar surface area (TPSA) is 491 Å². The summed E-state index contributed by atoms with van der Waals surface area (Å²) in [5.41, 5.74) is 33.6. The number of hydrogen-bond acceptors (Lipinski definition) is 17. The molecular formula is C44H78N18O11. The van der Waals surface area contributed by atoms with Crippen molar-refractivity contribution in [1.82, 2.24) is 57.4 Å². The zero-order valence-corrected chi connectivity index (χ0v) is 41.7. The third-order valence-electron chi connectivity index (χ3n) is 11.5. The van der Waals surface area contributed by atoms with Crippen LogP contribution in [0.4, 0.5) is 0 Å². The second-order valence-corrected chi connectivity index (χ2v) is 17.4. The molecule has 410 valence electrons. The van der Waals surface area contributed by atoms with Gasteiger partial charge in [-0.15, -0.1) is 0 Å². The molecule has 23 N–H and O–H groups in total. The highest BCUT2D eigenvalue weighted by Crippen LogP contribution is 2.20. The number of carboxylic acids is 1. The number of carbonyl (C=O) groups is 9. The van der Waals surface area contributed by atoms with E-state index in [0.29, 0.717) is 37.8 Å². The van der Waals surface area contributed by atoms with Gasteiger partial charge in [-0.25, -0.2) is 9.78 Å². The molecule has 1 saturated heterocycles. The summed E-state index contributed by atoms with van der Waals surface area (Å²) in [6.07, 6.45) is 5.88. The average Bonchev–Trinajstić information content (AvgIpc) is 4.08. The molecule has 29 heteroatoms. The molecule has 0 spiro atoms. The standard InChI is InChI=1S/C44H78N18O11/c1-25(56-41(70)35(33(63)21-47)61-37(66)27(48)10-4-6-17-51-2)36(65)54-23-34(64)57-29(12-7-16-46)42(71)62-19-9-14-32(62)40(69)60-31(20-26-22-52-24-55-26)39(68)58-28(11-3-5-15-45)38(67)59-30(43(72)73)13-8-18-53-44(49)50/h13,22,24-25,27-29,31-33,35,51,63H,3-12,14-21,23,45-48H2,1-2H3,(H,52,55)(H,54,65)(H,56,70)(H,57,64)(H,58,68)(H,59,67)(H,60,69)(H,61,66)(H,72,73)(H4,49,50,53)/b30-13-/t25-,27?,28-,29+,31-,32-,33-,35-/m0/s1. The number of aliphatic carboxylic acids is 1. The van der Waals surface area contributed by atoms with Crippen molar-refractivity contribution in [2.75, 3.05) is 52.9 Å². The Kier molecular flexibility index (Phi) is 28.8. The number of imidazole rings is 1. The molecule has 0 aliphatic carbocycles. The number of nitrogens with zero attached hydrogens (tertiary/aromatic N) is 3. The zero-order valence-electron chi connectivity index (χ0n) is 41.7. The molecule has 1 aromatic rings. The van der Waals surface area contributed by atoms with Crippen LogP contribution in [0.25, 0.3) is 0 Å². The van der Waals surface area contributed by atoms with Crippen LogP contribution < -0.4 is 76.9 Å². The van der Waals surface area contributed by atoms with Crippen LogP contribution in [0.5, 0.6) is 0 Å². The number of amides is 8. The Balaban J connectivity index is 2.19.